The molecule has 7 nitrogen and oxygen atoms in total. The quantitative estimate of drug-likeness (QED) is 0.737. The SMILES string of the molecule is CC(C)C[C@H](Nc1ncnc2[nH]ncc12)C(=O)O. The number of carboxylic acid groups (broad SMARTS) is 1. The molecule has 0 radical (unpaired) electrons. The summed E-state index contributed by atoms with van der Waals surface area (Å²) in [5.41, 5.74) is 0.584. The van der Waals surface area contributed by atoms with Crippen LogP contribution in [0.25, 0.3) is 11.0 Å². The number of H-pyrrole nitrogens is 1. The van der Waals surface area contributed by atoms with Gasteiger partial charge in [0, 0.05) is 0 Å². The van der Waals surface area contributed by atoms with Crippen LogP contribution < -0.4 is 5.32 Å². The predicted octanol–water partition coefficient (Wildman–Crippen LogP) is 1.26. The molecular formula is C11H15N5O2. The molecule has 0 fully saturated rings. The Morgan fingerprint density at radius 2 is 2.28 bits per heavy atom. The molecule has 2 rings (SSSR count). The Bertz CT molecular complexity index is 551. The summed E-state index contributed by atoms with van der Waals surface area (Å²) in [7, 11) is 0. The first kappa shape index (κ1) is 12.3. The molecule has 7 heteroatoms. The third-order valence-electron chi connectivity index (χ3n) is 2.56. The van der Waals surface area contributed by atoms with Crippen LogP contribution in [0.15, 0.2) is 12.5 Å². The summed E-state index contributed by atoms with van der Waals surface area (Å²) in [6, 6.07) is -0.669. The van der Waals surface area contributed by atoms with Gasteiger partial charge < -0.3 is 10.4 Å². The third kappa shape index (κ3) is 2.55. The zero-order chi connectivity index (χ0) is 13.1. The second-order valence-electron chi connectivity index (χ2n) is 4.52. The van der Waals surface area contributed by atoms with Gasteiger partial charge in [0.1, 0.15) is 18.2 Å². The van der Waals surface area contributed by atoms with Crippen LogP contribution in [-0.2, 0) is 4.79 Å². The van der Waals surface area contributed by atoms with Crippen LogP contribution in [0, 0.1) is 5.92 Å². The Labute approximate surface area is 104 Å². The van der Waals surface area contributed by atoms with E-state index < -0.39 is 12.0 Å². The van der Waals surface area contributed by atoms with E-state index >= 15 is 0 Å². The molecule has 2 heterocycles. The largest absolute Gasteiger partial charge is 0.480 e. The van der Waals surface area contributed by atoms with Crippen molar-refractivity contribution in [3.8, 4) is 0 Å². The van der Waals surface area contributed by atoms with Crippen LogP contribution in [0.5, 0.6) is 0 Å². The molecule has 0 aromatic carbocycles. The first-order chi connectivity index (χ1) is 8.58. The molecule has 1 atom stereocenters. The normalized spacial score (nSPS) is 12.8. The van der Waals surface area contributed by atoms with Gasteiger partial charge in [0.05, 0.1) is 11.6 Å². The van der Waals surface area contributed by atoms with Crippen molar-refractivity contribution in [1.82, 2.24) is 20.2 Å². The second-order valence-corrected chi connectivity index (χ2v) is 4.52. The van der Waals surface area contributed by atoms with Crippen LogP contribution in [-0.4, -0.2) is 37.3 Å². The molecule has 2 aromatic rings. The maximum atomic E-state index is 11.2. The highest BCUT2D eigenvalue weighted by molar-refractivity contribution is 5.88. The molecule has 0 aliphatic rings. The number of fused-ring (bicyclic) bond motifs is 1. The Balaban J connectivity index is 2.25. The maximum Gasteiger partial charge on any atom is 0.326 e. The number of nitrogens with one attached hydrogen (secondary N) is 2. The van der Waals surface area contributed by atoms with Crippen molar-refractivity contribution in [2.75, 3.05) is 5.32 Å². The van der Waals surface area contributed by atoms with Crippen molar-refractivity contribution < 1.29 is 9.90 Å². The molecule has 0 spiro atoms. The third-order valence-corrected chi connectivity index (χ3v) is 2.56. The molecule has 0 saturated carbocycles. The Morgan fingerprint density at radius 1 is 1.50 bits per heavy atom. The standard InChI is InChI=1S/C11H15N5O2/c1-6(2)3-8(11(17)18)15-9-7-4-14-16-10(7)13-5-12-9/h4-6,8H,3H2,1-2H3,(H,17,18)(H2,12,13,14,15,16)/t8-/m0/s1. The molecular weight excluding hydrogens is 234 g/mol. The van der Waals surface area contributed by atoms with E-state index in [2.05, 4.69) is 25.5 Å². The van der Waals surface area contributed by atoms with Gasteiger partial charge in [-0.25, -0.2) is 14.8 Å². The van der Waals surface area contributed by atoms with Crippen molar-refractivity contribution in [2.24, 2.45) is 5.92 Å². The molecule has 0 amide bonds. The summed E-state index contributed by atoms with van der Waals surface area (Å²) < 4.78 is 0. The van der Waals surface area contributed by atoms with Crippen LogP contribution in [0.2, 0.25) is 0 Å². The Hall–Kier alpha value is -2.18. The molecule has 0 bridgehead atoms. The Kier molecular flexibility index (Phi) is 3.40. The van der Waals surface area contributed by atoms with Crippen LogP contribution in [0.4, 0.5) is 5.82 Å². The fourth-order valence-electron chi connectivity index (χ4n) is 1.74. The maximum absolute atomic E-state index is 11.2. The summed E-state index contributed by atoms with van der Waals surface area (Å²) >= 11 is 0. The lowest BCUT2D eigenvalue weighted by Gasteiger charge is -2.17. The number of aromatic nitrogens is 4. The number of aromatic amines is 1. The van der Waals surface area contributed by atoms with Crippen molar-refractivity contribution in [3.63, 3.8) is 0 Å². The highest BCUT2D eigenvalue weighted by Gasteiger charge is 2.20. The van der Waals surface area contributed by atoms with Crippen molar-refractivity contribution >= 4 is 22.8 Å². The van der Waals surface area contributed by atoms with E-state index in [1.165, 1.54) is 6.33 Å². The average molecular weight is 249 g/mol. The van der Waals surface area contributed by atoms with Crippen LogP contribution >= 0.6 is 0 Å². The summed E-state index contributed by atoms with van der Waals surface area (Å²) in [5.74, 6) is -0.124. The minimum Gasteiger partial charge on any atom is -0.480 e. The molecule has 2 aromatic heterocycles. The number of nitrogens with zero attached hydrogens (tertiary/aromatic N) is 3. The highest BCUT2D eigenvalue weighted by Crippen LogP contribution is 2.18. The van der Waals surface area contributed by atoms with E-state index in [0.29, 0.717) is 23.3 Å². The zero-order valence-corrected chi connectivity index (χ0v) is 10.2. The van der Waals surface area contributed by atoms with Gasteiger partial charge in [0.2, 0.25) is 0 Å². The molecule has 0 aliphatic heterocycles. The number of aliphatic carboxylic acids is 1. The van der Waals surface area contributed by atoms with Gasteiger partial charge in [-0.1, -0.05) is 13.8 Å². The van der Waals surface area contributed by atoms with E-state index in [-0.39, 0.29) is 5.92 Å². The van der Waals surface area contributed by atoms with E-state index in [1.54, 1.807) is 6.20 Å². The van der Waals surface area contributed by atoms with E-state index in [4.69, 9.17) is 0 Å². The molecule has 0 saturated heterocycles. The summed E-state index contributed by atoms with van der Waals surface area (Å²) in [6.45, 7) is 3.95. The summed E-state index contributed by atoms with van der Waals surface area (Å²) in [5, 5.41) is 19.4. The van der Waals surface area contributed by atoms with Crippen molar-refractivity contribution in [3.05, 3.63) is 12.5 Å². The fourth-order valence-corrected chi connectivity index (χ4v) is 1.74. The lowest BCUT2D eigenvalue weighted by molar-refractivity contribution is -0.138. The molecule has 0 unspecified atom stereocenters. The van der Waals surface area contributed by atoms with Crippen molar-refractivity contribution in [2.45, 2.75) is 26.3 Å². The number of carbonyl (C=O) groups is 1. The average Bonchev–Trinajstić information content (AvgIpc) is 2.76. The number of hydrogen-bond donors (Lipinski definition) is 3. The highest BCUT2D eigenvalue weighted by atomic mass is 16.4. The molecule has 18 heavy (non-hydrogen) atoms. The molecule has 3 N–H and O–H groups in total. The number of carboxylic acids is 1. The van der Waals surface area contributed by atoms with Gasteiger partial charge in [-0.05, 0) is 12.3 Å². The lowest BCUT2D eigenvalue weighted by atomic mass is 10.0. The topological polar surface area (TPSA) is 104 Å². The van der Waals surface area contributed by atoms with E-state index in [0.717, 1.165) is 0 Å². The molecule has 96 valence electrons. The smallest absolute Gasteiger partial charge is 0.326 e. The zero-order valence-electron chi connectivity index (χ0n) is 10.2. The first-order valence-electron chi connectivity index (χ1n) is 5.71. The minimum atomic E-state index is -0.890. The number of hydrogen-bond acceptors (Lipinski definition) is 5. The monoisotopic (exact) mass is 249 g/mol. The Morgan fingerprint density at radius 3 is 2.94 bits per heavy atom. The fraction of sp³-hybridized carbons (Fsp3) is 0.455. The molecule has 0 aliphatic carbocycles. The van der Waals surface area contributed by atoms with Crippen molar-refractivity contribution in [1.29, 1.82) is 0 Å². The number of rotatable bonds is 5. The van der Waals surface area contributed by atoms with Gasteiger partial charge in [-0.15, -0.1) is 0 Å². The second kappa shape index (κ2) is 4.99. The van der Waals surface area contributed by atoms with Crippen LogP contribution in [0.1, 0.15) is 20.3 Å². The van der Waals surface area contributed by atoms with Crippen LogP contribution in [0.3, 0.4) is 0 Å². The number of anilines is 1. The van der Waals surface area contributed by atoms with E-state index in [9.17, 15) is 9.90 Å². The van der Waals surface area contributed by atoms with Gasteiger partial charge in [0.25, 0.3) is 0 Å². The first-order valence-corrected chi connectivity index (χ1v) is 5.71. The minimum absolute atomic E-state index is 0.278. The summed E-state index contributed by atoms with van der Waals surface area (Å²) in [4.78, 5) is 19.2. The summed E-state index contributed by atoms with van der Waals surface area (Å²) in [6.07, 6.45) is 3.47. The predicted molar refractivity (Wildman–Crippen MR) is 66.2 cm³/mol. The van der Waals surface area contributed by atoms with Gasteiger partial charge >= 0.3 is 5.97 Å². The lowest BCUT2D eigenvalue weighted by Crippen LogP contribution is -2.31. The van der Waals surface area contributed by atoms with Gasteiger partial charge in [0.15, 0.2) is 5.65 Å². The van der Waals surface area contributed by atoms with Gasteiger partial charge in [-0.3, -0.25) is 5.10 Å². The van der Waals surface area contributed by atoms with E-state index in [1.807, 2.05) is 13.8 Å². The van der Waals surface area contributed by atoms with Gasteiger partial charge in [-0.2, -0.15) is 5.10 Å².